The lowest BCUT2D eigenvalue weighted by molar-refractivity contribution is 0.0525. The second-order valence-corrected chi connectivity index (χ2v) is 6.62. The highest BCUT2D eigenvalue weighted by molar-refractivity contribution is 9.10. The lowest BCUT2D eigenvalue weighted by atomic mass is 9.95. The third-order valence-corrected chi connectivity index (χ3v) is 3.78. The summed E-state index contributed by atoms with van der Waals surface area (Å²) in [5.41, 5.74) is 7.62. The maximum Gasteiger partial charge on any atom is 0.407 e. The van der Waals surface area contributed by atoms with E-state index in [4.69, 9.17) is 10.5 Å². The molecule has 0 spiro atoms. The molecule has 112 valence electrons. The van der Waals surface area contributed by atoms with Crippen LogP contribution in [0.2, 0.25) is 0 Å². The molecule has 1 aromatic carbocycles. The van der Waals surface area contributed by atoms with Crippen molar-refractivity contribution in [3.05, 3.63) is 33.8 Å². The van der Waals surface area contributed by atoms with Gasteiger partial charge in [0.25, 0.3) is 0 Å². The second kappa shape index (κ2) is 7.09. The van der Waals surface area contributed by atoms with Gasteiger partial charge >= 0.3 is 6.09 Å². The number of carbonyl (C=O) groups excluding carboxylic acids is 1. The van der Waals surface area contributed by atoms with Crippen molar-refractivity contribution in [3.8, 4) is 0 Å². The van der Waals surface area contributed by atoms with E-state index in [9.17, 15) is 4.79 Å². The minimum Gasteiger partial charge on any atom is -0.444 e. The third kappa shape index (κ3) is 5.13. The van der Waals surface area contributed by atoms with Crippen molar-refractivity contribution >= 4 is 22.0 Å². The molecule has 0 heterocycles. The average molecular weight is 343 g/mol. The second-order valence-electron chi connectivity index (χ2n) is 5.77. The summed E-state index contributed by atoms with van der Waals surface area (Å²) in [7, 11) is 0. The summed E-state index contributed by atoms with van der Waals surface area (Å²) in [4.78, 5) is 11.7. The molecule has 1 rings (SSSR count). The molecule has 0 bridgehead atoms. The number of nitrogens with one attached hydrogen (secondary N) is 1. The summed E-state index contributed by atoms with van der Waals surface area (Å²) in [6.45, 7) is 8.48. The van der Waals surface area contributed by atoms with Gasteiger partial charge in [0.05, 0.1) is 0 Å². The Bertz CT molecular complexity index is 469. The Morgan fingerprint density at radius 1 is 1.45 bits per heavy atom. The van der Waals surface area contributed by atoms with Crippen LogP contribution in [0.1, 0.15) is 37.8 Å². The standard InChI is InChI=1S/C15H23BrN2O2/c1-10-12(6-5-7-13(10)16)11(8-17)9-18-14(19)20-15(2,3)4/h5-7,11H,8-9,17H2,1-4H3,(H,18,19). The minimum absolute atomic E-state index is 0.0695. The molecule has 0 aliphatic carbocycles. The van der Waals surface area contributed by atoms with Crippen LogP contribution in [-0.4, -0.2) is 24.8 Å². The number of ether oxygens (including phenoxy) is 1. The van der Waals surface area contributed by atoms with Crippen molar-refractivity contribution < 1.29 is 9.53 Å². The summed E-state index contributed by atoms with van der Waals surface area (Å²) < 4.78 is 6.27. The molecular formula is C15H23BrN2O2. The van der Waals surface area contributed by atoms with E-state index >= 15 is 0 Å². The Hall–Kier alpha value is -1.07. The topological polar surface area (TPSA) is 64.3 Å². The molecule has 0 aromatic heterocycles. The molecule has 0 aliphatic heterocycles. The van der Waals surface area contributed by atoms with Crippen molar-refractivity contribution in [3.63, 3.8) is 0 Å². The van der Waals surface area contributed by atoms with Crippen LogP contribution in [-0.2, 0) is 4.74 Å². The Labute approximate surface area is 129 Å². The monoisotopic (exact) mass is 342 g/mol. The van der Waals surface area contributed by atoms with E-state index in [1.54, 1.807) is 0 Å². The molecule has 5 heteroatoms. The Morgan fingerprint density at radius 2 is 2.10 bits per heavy atom. The lowest BCUT2D eigenvalue weighted by Gasteiger charge is -2.22. The number of nitrogens with two attached hydrogens (primary N) is 1. The molecule has 1 aromatic rings. The van der Waals surface area contributed by atoms with Gasteiger partial charge in [-0.2, -0.15) is 0 Å². The largest absolute Gasteiger partial charge is 0.444 e. The van der Waals surface area contributed by atoms with Gasteiger partial charge in [-0.15, -0.1) is 0 Å². The average Bonchev–Trinajstić information content (AvgIpc) is 2.32. The Morgan fingerprint density at radius 3 is 2.65 bits per heavy atom. The maximum atomic E-state index is 11.7. The number of rotatable bonds is 4. The number of hydrogen-bond donors (Lipinski definition) is 2. The first-order valence-electron chi connectivity index (χ1n) is 6.66. The van der Waals surface area contributed by atoms with Gasteiger partial charge in [-0.25, -0.2) is 4.79 Å². The fourth-order valence-electron chi connectivity index (χ4n) is 1.91. The first-order valence-corrected chi connectivity index (χ1v) is 7.46. The number of amides is 1. The molecule has 20 heavy (non-hydrogen) atoms. The number of hydrogen-bond acceptors (Lipinski definition) is 3. The van der Waals surface area contributed by atoms with E-state index in [2.05, 4.69) is 21.2 Å². The van der Waals surface area contributed by atoms with Crippen molar-refractivity contribution in [1.82, 2.24) is 5.32 Å². The van der Waals surface area contributed by atoms with E-state index < -0.39 is 11.7 Å². The van der Waals surface area contributed by atoms with Crippen molar-refractivity contribution in [2.24, 2.45) is 5.73 Å². The molecule has 1 amide bonds. The molecule has 0 fully saturated rings. The van der Waals surface area contributed by atoms with Crippen LogP contribution in [0.25, 0.3) is 0 Å². The zero-order valence-corrected chi connectivity index (χ0v) is 14.1. The highest BCUT2D eigenvalue weighted by Gasteiger charge is 2.18. The van der Waals surface area contributed by atoms with E-state index in [1.165, 1.54) is 0 Å². The first kappa shape index (κ1) is 17.0. The van der Waals surface area contributed by atoms with E-state index in [-0.39, 0.29) is 5.92 Å². The zero-order valence-electron chi connectivity index (χ0n) is 12.5. The van der Waals surface area contributed by atoms with E-state index in [1.807, 2.05) is 45.9 Å². The first-order chi connectivity index (χ1) is 9.24. The molecule has 4 nitrogen and oxygen atoms in total. The lowest BCUT2D eigenvalue weighted by Crippen LogP contribution is -2.36. The molecule has 0 aliphatic rings. The number of alkyl carbamates (subject to hydrolysis) is 1. The SMILES string of the molecule is Cc1c(Br)cccc1C(CN)CNC(=O)OC(C)(C)C. The molecule has 0 saturated heterocycles. The minimum atomic E-state index is -0.492. The van der Waals surface area contributed by atoms with Gasteiger partial charge < -0.3 is 15.8 Å². The van der Waals surface area contributed by atoms with Crippen molar-refractivity contribution in [2.75, 3.05) is 13.1 Å². The quantitative estimate of drug-likeness (QED) is 0.881. The predicted octanol–water partition coefficient (Wildman–Crippen LogP) is 3.32. The van der Waals surface area contributed by atoms with Crippen LogP contribution >= 0.6 is 15.9 Å². The maximum absolute atomic E-state index is 11.7. The molecule has 0 radical (unpaired) electrons. The predicted molar refractivity (Wildman–Crippen MR) is 84.9 cm³/mol. The highest BCUT2D eigenvalue weighted by atomic mass is 79.9. The Balaban J connectivity index is 2.69. The number of carbonyl (C=O) groups is 1. The van der Waals surface area contributed by atoms with Crippen molar-refractivity contribution in [2.45, 2.75) is 39.2 Å². The summed E-state index contributed by atoms with van der Waals surface area (Å²) in [6.07, 6.45) is -0.413. The van der Waals surface area contributed by atoms with Crippen LogP contribution in [0.3, 0.4) is 0 Å². The molecule has 1 atom stereocenters. The van der Waals surface area contributed by atoms with Gasteiger partial charge in [0.1, 0.15) is 5.60 Å². The van der Waals surface area contributed by atoms with Crippen LogP contribution in [0, 0.1) is 6.92 Å². The number of benzene rings is 1. The highest BCUT2D eigenvalue weighted by Crippen LogP contribution is 2.25. The Kier molecular flexibility index (Phi) is 6.02. The molecule has 0 saturated carbocycles. The number of halogens is 1. The van der Waals surface area contributed by atoms with Gasteiger partial charge in [0, 0.05) is 23.5 Å². The van der Waals surface area contributed by atoms with Gasteiger partial charge in [-0.05, 0) is 44.9 Å². The summed E-state index contributed by atoms with van der Waals surface area (Å²) >= 11 is 3.51. The fourth-order valence-corrected chi connectivity index (χ4v) is 2.29. The van der Waals surface area contributed by atoms with Crippen LogP contribution in [0.15, 0.2) is 22.7 Å². The van der Waals surface area contributed by atoms with Crippen LogP contribution in [0.4, 0.5) is 4.79 Å². The van der Waals surface area contributed by atoms with E-state index in [0.717, 1.165) is 15.6 Å². The normalized spacial score (nSPS) is 12.9. The van der Waals surface area contributed by atoms with Crippen LogP contribution < -0.4 is 11.1 Å². The van der Waals surface area contributed by atoms with Gasteiger partial charge in [0.2, 0.25) is 0 Å². The summed E-state index contributed by atoms with van der Waals surface area (Å²) in [5.74, 6) is 0.0695. The van der Waals surface area contributed by atoms with Gasteiger partial charge in [-0.3, -0.25) is 0 Å². The third-order valence-electron chi connectivity index (χ3n) is 2.93. The summed E-state index contributed by atoms with van der Waals surface area (Å²) in [6, 6.07) is 6.00. The molecule has 1 unspecified atom stereocenters. The zero-order chi connectivity index (χ0) is 15.3. The van der Waals surface area contributed by atoms with Gasteiger partial charge in [-0.1, -0.05) is 28.1 Å². The smallest absolute Gasteiger partial charge is 0.407 e. The van der Waals surface area contributed by atoms with Gasteiger partial charge in [0.15, 0.2) is 0 Å². The fraction of sp³-hybridized carbons (Fsp3) is 0.533. The van der Waals surface area contributed by atoms with Crippen molar-refractivity contribution in [1.29, 1.82) is 0 Å². The molecule has 3 N–H and O–H groups in total. The summed E-state index contributed by atoms with van der Waals surface area (Å²) in [5, 5.41) is 2.78. The molecular weight excluding hydrogens is 320 g/mol. The van der Waals surface area contributed by atoms with E-state index in [0.29, 0.717) is 13.1 Å². The van der Waals surface area contributed by atoms with Crippen LogP contribution in [0.5, 0.6) is 0 Å².